The minimum atomic E-state index is -0.318. The van der Waals surface area contributed by atoms with Crippen molar-refractivity contribution in [2.45, 2.75) is 51.6 Å². The van der Waals surface area contributed by atoms with Crippen LogP contribution in [0, 0.1) is 17.0 Å². The van der Waals surface area contributed by atoms with Gasteiger partial charge in [0.15, 0.2) is 0 Å². The summed E-state index contributed by atoms with van der Waals surface area (Å²) in [7, 11) is 0. The maximum atomic E-state index is 11.0. The molecule has 2 aromatic rings. The van der Waals surface area contributed by atoms with Crippen LogP contribution >= 0.6 is 0 Å². The zero-order chi connectivity index (χ0) is 16.4. The second-order valence-electron chi connectivity index (χ2n) is 6.40. The molecule has 0 amide bonds. The topological polar surface area (TPSA) is 83.8 Å². The normalized spacial score (nSPS) is 18.4. The second-order valence-corrected chi connectivity index (χ2v) is 6.40. The highest BCUT2D eigenvalue weighted by Gasteiger charge is 2.24. The minimum Gasteiger partial charge on any atom is -0.307 e. The fraction of sp³-hybridized carbons (Fsp3) is 0.471. The average molecular weight is 314 g/mol. The third kappa shape index (κ3) is 3.59. The molecule has 0 fully saturated rings. The lowest BCUT2D eigenvalue weighted by Crippen LogP contribution is -2.34. The molecule has 0 radical (unpaired) electrons. The van der Waals surface area contributed by atoms with Crippen LogP contribution in [0.3, 0.4) is 0 Å². The molecule has 1 aliphatic carbocycles. The number of fused-ring (bicyclic) bond motifs is 1. The molecule has 1 aromatic carbocycles. The molecule has 2 unspecified atom stereocenters. The number of benzene rings is 1. The largest absolute Gasteiger partial charge is 0.307 e. The predicted molar refractivity (Wildman–Crippen MR) is 88.4 cm³/mol. The lowest BCUT2D eigenvalue weighted by atomic mass is 9.87. The molecule has 0 bridgehead atoms. The summed E-state index contributed by atoms with van der Waals surface area (Å²) >= 11 is 0. The van der Waals surface area contributed by atoms with E-state index < -0.39 is 0 Å². The first-order valence-electron chi connectivity index (χ1n) is 8.07. The van der Waals surface area contributed by atoms with Gasteiger partial charge in [0.25, 0.3) is 5.69 Å². The summed E-state index contributed by atoms with van der Waals surface area (Å²) in [6, 6.07) is 7.73. The number of nitro benzene ring substituents is 1. The number of aryl methyl sites for hydroxylation is 2. The van der Waals surface area contributed by atoms with Gasteiger partial charge in [-0.05, 0) is 50.3 Å². The standard InChI is InChI=1S/C17H22N4O2/c1-11(8-14-9-12(2)19-20-14)18-17-5-3-4-13-6-7-15(21(22)23)10-16(13)17/h6-7,9-11,17-18H,3-5,8H2,1-2H3,(H,19,20). The van der Waals surface area contributed by atoms with Gasteiger partial charge in [-0.25, -0.2) is 0 Å². The predicted octanol–water partition coefficient (Wildman–Crippen LogP) is 3.22. The third-order valence-corrected chi connectivity index (χ3v) is 4.41. The molecule has 0 saturated carbocycles. The summed E-state index contributed by atoms with van der Waals surface area (Å²) in [6.07, 6.45) is 3.96. The second kappa shape index (κ2) is 6.50. The molecule has 0 spiro atoms. The van der Waals surface area contributed by atoms with Gasteiger partial charge >= 0.3 is 0 Å². The number of rotatable bonds is 5. The molecule has 0 aliphatic heterocycles. The van der Waals surface area contributed by atoms with Crippen molar-refractivity contribution in [1.82, 2.24) is 15.5 Å². The summed E-state index contributed by atoms with van der Waals surface area (Å²) in [5, 5.41) is 21.9. The highest BCUT2D eigenvalue weighted by molar-refractivity contribution is 5.42. The Bertz CT molecular complexity index is 710. The van der Waals surface area contributed by atoms with Gasteiger partial charge < -0.3 is 5.32 Å². The Labute approximate surface area is 135 Å². The maximum Gasteiger partial charge on any atom is 0.269 e. The Morgan fingerprint density at radius 2 is 2.30 bits per heavy atom. The SMILES string of the molecule is Cc1cc(CC(C)NC2CCCc3ccc([N+](=O)[O-])cc32)n[nH]1. The Morgan fingerprint density at radius 1 is 1.48 bits per heavy atom. The molecule has 1 aliphatic rings. The van der Waals surface area contributed by atoms with E-state index in [1.807, 2.05) is 13.0 Å². The van der Waals surface area contributed by atoms with E-state index in [0.717, 1.165) is 42.6 Å². The van der Waals surface area contributed by atoms with E-state index in [4.69, 9.17) is 0 Å². The number of nitro groups is 1. The molecular formula is C17H22N4O2. The van der Waals surface area contributed by atoms with E-state index in [-0.39, 0.29) is 22.7 Å². The lowest BCUT2D eigenvalue weighted by molar-refractivity contribution is -0.385. The number of aromatic nitrogens is 2. The zero-order valence-electron chi connectivity index (χ0n) is 13.5. The number of hydrogen-bond donors (Lipinski definition) is 2. The van der Waals surface area contributed by atoms with Gasteiger partial charge in [-0.1, -0.05) is 6.07 Å². The molecule has 6 nitrogen and oxygen atoms in total. The Balaban J connectivity index is 1.74. The van der Waals surface area contributed by atoms with Crippen molar-refractivity contribution in [2.75, 3.05) is 0 Å². The van der Waals surface area contributed by atoms with Gasteiger partial charge in [0.2, 0.25) is 0 Å². The van der Waals surface area contributed by atoms with Crippen LogP contribution in [0.5, 0.6) is 0 Å². The summed E-state index contributed by atoms with van der Waals surface area (Å²) in [5.74, 6) is 0. The van der Waals surface area contributed by atoms with Crippen LogP contribution in [-0.4, -0.2) is 21.2 Å². The third-order valence-electron chi connectivity index (χ3n) is 4.41. The van der Waals surface area contributed by atoms with E-state index in [1.54, 1.807) is 12.1 Å². The van der Waals surface area contributed by atoms with Gasteiger partial charge in [-0.2, -0.15) is 5.10 Å². The maximum absolute atomic E-state index is 11.0. The first-order valence-corrected chi connectivity index (χ1v) is 8.07. The number of nitrogens with zero attached hydrogens (tertiary/aromatic N) is 2. The molecule has 6 heteroatoms. The number of H-pyrrole nitrogens is 1. The van der Waals surface area contributed by atoms with Crippen molar-refractivity contribution < 1.29 is 4.92 Å². The van der Waals surface area contributed by atoms with Crippen LogP contribution in [0.2, 0.25) is 0 Å². The zero-order valence-corrected chi connectivity index (χ0v) is 13.5. The van der Waals surface area contributed by atoms with E-state index in [2.05, 4.69) is 28.5 Å². The molecular weight excluding hydrogens is 292 g/mol. The van der Waals surface area contributed by atoms with E-state index in [9.17, 15) is 10.1 Å². The van der Waals surface area contributed by atoms with E-state index in [1.165, 1.54) is 5.56 Å². The van der Waals surface area contributed by atoms with Gasteiger partial charge in [0, 0.05) is 36.3 Å². The molecule has 1 heterocycles. The lowest BCUT2D eigenvalue weighted by Gasteiger charge is -2.29. The minimum absolute atomic E-state index is 0.174. The van der Waals surface area contributed by atoms with Crippen molar-refractivity contribution in [3.63, 3.8) is 0 Å². The summed E-state index contributed by atoms with van der Waals surface area (Å²) < 4.78 is 0. The van der Waals surface area contributed by atoms with Crippen LogP contribution in [0.1, 0.15) is 48.3 Å². The van der Waals surface area contributed by atoms with Crippen LogP contribution in [0.15, 0.2) is 24.3 Å². The first kappa shape index (κ1) is 15.7. The van der Waals surface area contributed by atoms with Crippen molar-refractivity contribution in [1.29, 1.82) is 0 Å². The van der Waals surface area contributed by atoms with Crippen molar-refractivity contribution in [2.24, 2.45) is 0 Å². The Morgan fingerprint density at radius 3 is 3.00 bits per heavy atom. The number of hydrogen-bond acceptors (Lipinski definition) is 4. The summed E-state index contributed by atoms with van der Waals surface area (Å²) in [5.41, 5.74) is 4.58. The molecule has 1 aromatic heterocycles. The van der Waals surface area contributed by atoms with Crippen LogP contribution in [0.25, 0.3) is 0 Å². The van der Waals surface area contributed by atoms with Gasteiger partial charge in [0.1, 0.15) is 0 Å². The monoisotopic (exact) mass is 314 g/mol. The number of non-ortho nitro benzene ring substituents is 1. The van der Waals surface area contributed by atoms with Gasteiger partial charge in [0.05, 0.1) is 10.6 Å². The summed E-state index contributed by atoms with van der Waals surface area (Å²) in [4.78, 5) is 10.7. The highest BCUT2D eigenvalue weighted by atomic mass is 16.6. The molecule has 2 N–H and O–H groups in total. The Kier molecular flexibility index (Phi) is 4.43. The Hall–Kier alpha value is -2.21. The molecule has 0 saturated heterocycles. The van der Waals surface area contributed by atoms with E-state index in [0.29, 0.717) is 0 Å². The molecule has 2 atom stereocenters. The number of aromatic amines is 1. The van der Waals surface area contributed by atoms with Gasteiger partial charge in [-0.3, -0.25) is 15.2 Å². The molecule has 23 heavy (non-hydrogen) atoms. The fourth-order valence-electron chi connectivity index (χ4n) is 3.37. The average Bonchev–Trinajstić information content (AvgIpc) is 2.92. The highest BCUT2D eigenvalue weighted by Crippen LogP contribution is 2.32. The smallest absolute Gasteiger partial charge is 0.269 e. The van der Waals surface area contributed by atoms with Crippen molar-refractivity contribution in [3.8, 4) is 0 Å². The van der Waals surface area contributed by atoms with Crippen molar-refractivity contribution in [3.05, 3.63) is 56.9 Å². The summed E-state index contributed by atoms with van der Waals surface area (Å²) in [6.45, 7) is 4.13. The van der Waals surface area contributed by atoms with Crippen LogP contribution in [0.4, 0.5) is 5.69 Å². The quantitative estimate of drug-likeness (QED) is 0.655. The fourth-order valence-corrected chi connectivity index (χ4v) is 3.37. The molecule has 122 valence electrons. The van der Waals surface area contributed by atoms with E-state index >= 15 is 0 Å². The first-order chi connectivity index (χ1) is 11.0. The van der Waals surface area contributed by atoms with Crippen LogP contribution in [-0.2, 0) is 12.8 Å². The number of nitrogens with one attached hydrogen (secondary N) is 2. The van der Waals surface area contributed by atoms with Crippen LogP contribution < -0.4 is 5.32 Å². The molecule has 3 rings (SSSR count). The van der Waals surface area contributed by atoms with Gasteiger partial charge in [-0.15, -0.1) is 0 Å². The van der Waals surface area contributed by atoms with Crippen molar-refractivity contribution >= 4 is 5.69 Å².